The first-order valence-electron chi connectivity index (χ1n) is 11.3. The fraction of sp³-hybridized carbons (Fsp3) is 0.292. The van der Waals surface area contributed by atoms with Gasteiger partial charge in [0.1, 0.15) is 5.69 Å². The molecule has 17 heteroatoms. The molecule has 0 aliphatic carbocycles. The second-order valence-electron chi connectivity index (χ2n) is 8.51. The number of alkyl halides is 6. The molecule has 218 valence electrons. The van der Waals surface area contributed by atoms with Crippen molar-refractivity contribution in [2.75, 3.05) is 5.32 Å². The van der Waals surface area contributed by atoms with Crippen molar-refractivity contribution in [3.63, 3.8) is 0 Å². The molecular formula is C24H19ClF6N6O4. The lowest BCUT2D eigenvalue weighted by Gasteiger charge is -2.20. The fourth-order valence-corrected chi connectivity index (χ4v) is 3.53. The van der Waals surface area contributed by atoms with E-state index < -0.39 is 42.2 Å². The maximum atomic E-state index is 14.1. The van der Waals surface area contributed by atoms with E-state index in [1.165, 1.54) is 37.4 Å². The number of aryl methyl sites for hydroxylation is 1. The van der Waals surface area contributed by atoms with Crippen molar-refractivity contribution in [3.05, 3.63) is 69.8 Å². The Labute approximate surface area is 233 Å². The van der Waals surface area contributed by atoms with Gasteiger partial charge in [-0.2, -0.15) is 8.78 Å². The van der Waals surface area contributed by atoms with Crippen LogP contribution in [0.2, 0.25) is 5.02 Å². The number of hydrogen-bond donors (Lipinski definition) is 2. The number of benzene rings is 1. The van der Waals surface area contributed by atoms with E-state index in [1.807, 2.05) is 0 Å². The van der Waals surface area contributed by atoms with Gasteiger partial charge in [-0.05, 0) is 44.5 Å². The molecule has 0 aliphatic rings. The highest BCUT2D eigenvalue weighted by Crippen LogP contribution is 2.33. The number of carbonyl (C=O) groups is 2. The lowest BCUT2D eigenvalue weighted by atomic mass is 10.0. The smallest absolute Gasteiger partial charge is 0.409 e. The largest absolute Gasteiger partial charge is 0.525 e. The Morgan fingerprint density at radius 3 is 2.41 bits per heavy atom. The van der Waals surface area contributed by atoms with Gasteiger partial charge in [-0.3, -0.25) is 9.59 Å². The van der Waals surface area contributed by atoms with Crippen LogP contribution in [-0.2, 0) is 4.74 Å². The molecule has 1 unspecified atom stereocenters. The summed E-state index contributed by atoms with van der Waals surface area (Å²) in [5.41, 5.74) is -0.412. The summed E-state index contributed by atoms with van der Waals surface area (Å²) in [5, 5.41) is 8.52. The van der Waals surface area contributed by atoms with Crippen LogP contribution in [0, 0.1) is 13.5 Å². The molecule has 2 amide bonds. The summed E-state index contributed by atoms with van der Waals surface area (Å²) >= 11 is 6.10. The van der Waals surface area contributed by atoms with Crippen molar-refractivity contribution in [1.82, 2.24) is 20.1 Å². The lowest BCUT2D eigenvalue weighted by Crippen LogP contribution is -2.41. The van der Waals surface area contributed by atoms with Gasteiger partial charge in [-0.25, -0.2) is 23.6 Å². The number of ether oxygens (including phenoxy) is 2. The maximum absolute atomic E-state index is 14.1. The number of hydrogen-bond acceptors (Lipinski definition) is 6. The van der Waals surface area contributed by atoms with Gasteiger partial charge in [0, 0.05) is 18.3 Å². The summed E-state index contributed by atoms with van der Waals surface area (Å²) in [6, 6.07) is 5.53. The SMILES string of the molecule is [C-]#[N+]c1cc(C)c(NC(=O)c2cc(OC(F)(F)C(F)OC(F)(F)F)nn2-c2ncccc2Cl)c(C(=O)NC(C)C)c1. The van der Waals surface area contributed by atoms with Crippen molar-refractivity contribution in [3.8, 4) is 11.7 Å². The van der Waals surface area contributed by atoms with Gasteiger partial charge in [0.15, 0.2) is 11.5 Å². The Balaban J connectivity index is 2.07. The number of carbonyl (C=O) groups excluding carboxylic acids is 2. The van der Waals surface area contributed by atoms with E-state index in [1.54, 1.807) is 13.8 Å². The average molecular weight is 605 g/mol. The first kappa shape index (κ1) is 31.2. The molecule has 0 radical (unpaired) electrons. The Kier molecular flexibility index (Phi) is 9.14. The van der Waals surface area contributed by atoms with E-state index in [0.717, 1.165) is 0 Å². The van der Waals surface area contributed by atoms with Crippen molar-refractivity contribution in [2.45, 2.75) is 45.6 Å². The normalized spacial score (nSPS) is 12.5. The molecule has 1 aromatic carbocycles. The molecule has 1 atom stereocenters. The predicted octanol–water partition coefficient (Wildman–Crippen LogP) is 5.97. The summed E-state index contributed by atoms with van der Waals surface area (Å²) < 4.78 is 85.9. The molecule has 2 heterocycles. The van der Waals surface area contributed by atoms with Crippen molar-refractivity contribution >= 4 is 34.8 Å². The molecule has 0 spiro atoms. The van der Waals surface area contributed by atoms with Crippen LogP contribution >= 0.6 is 11.6 Å². The fourth-order valence-electron chi connectivity index (χ4n) is 3.33. The number of halogens is 7. The van der Waals surface area contributed by atoms with Gasteiger partial charge in [0.2, 0.25) is 5.88 Å². The van der Waals surface area contributed by atoms with Crippen LogP contribution in [0.3, 0.4) is 0 Å². The van der Waals surface area contributed by atoms with Gasteiger partial charge in [0.05, 0.1) is 22.8 Å². The number of anilines is 1. The minimum absolute atomic E-state index is 0.0596. The van der Waals surface area contributed by atoms with E-state index in [0.29, 0.717) is 10.7 Å². The second kappa shape index (κ2) is 12.0. The predicted molar refractivity (Wildman–Crippen MR) is 132 cm³/mol. The summed E-state index contributed by atoms with van der Waals surface area (Å²) in [6.07, 6.45) is -14.0. The molecule has 0 saturated carbocycles. The Bertz CT molecular complexity index is 1500. The van der Waals surface area contributed by atoms with E-state index in [9.17, 15) is 35.9 Å². The molecule has 0 saturated heterocycles. The number of pyridine rings is 1. The third-order valence-electron chi connectivity index (χ3n) is 4.95. The molecule has 3 rings (SSSR count). The van der Waals surface area contributed by atoms with Crippen LogP contribution in [0.1, 0.15) is 40.3 Å². The highest BCUT2D eigenvalue weighted by atomic mass is 35.5. The van der Waals surface area contributed by atoms with E-state index in [-0.39, 0.29) is 39.4 Å². The average Bonchev–Trinajstić information content (AvgIpc) is 3.26. The molecular weight excluding hydrogens is 586 g/mol. The summed E-state index contributed by atoms with van der Waals surface area (Å²) in [6.45, 7) is 12.1. The number of nitrogens with one attached hydrogen (secondary N) is 2. The van der Waals surface area contributed by atoms with Gasteiger partial charge < -0.3 is 15.4 Å². The zero-order valence-electron chi connectivity index (χ0n) is 21.2. The van der Waals surface area contributed by atoms with Gasteiger partial charge in [-0.15, -0.1) is 18.3 Å². The molecule has 3 aromatic rings. The lowest BCUT2D eigenvalue weighted by molar-refractivity contribution is -0.411. The zero-order chi connectivity index (χ0) is 30.7. The first-order valence-corrected chi connectivity index (χ1v) is 11.7. The molecule has 10 nitrogen and oxygen atoms in total. The third-order valence-corrected chi connectivity index (χ3v) is 5.25. The second-order valence-corrected chi connectivity index (χ2v) is 8.92. The third kappa shape index (κ3) is 7.64. The number of amides is 2. The topological polar surface area (TPSA) is 112 Å². The molecule has 0 fully saturated rings. The monoisotopic (exact) mass is 604 g/mol. The van der Waals surface area contributed by atoms with Crippen LogP contribution < -0.4 is 15.4 Å². The molecule has 41 heavy (non-hydrogen) atoms. The van der Waals surface area contributed by atoms with Crippen LogP contribution in [0.15, 0.2) is 36.5 Å². The highest BCUT2D eigenvalue weighted by Gasteiger charge is 2.51. The van der Waals surface area contributed by atoms with Crippen LogP contribution in [0.25, 0.3) is 10.7 Å². The van der Waals surface area contributed by atoms with Crippen LogP contribution in [-0.4, -0.2) is 51.4 Å². The van der Waals surface area contributed by atoms with E-state index in [2.05, 4.69) is 35.0 Å². The minimum atomic E-state index is -5.75. The maximum Gasteiger partial charge on any atom is 0.525 e. The Hall–Kier alpha value is -4.36. The molecule has 2 aromatic heterocycles. The van der Waals surface area contributed by atoms with Gasteiger partial charge in [0.25, 0.3) is 11.8 Å². The highest BCUT2D eigenvalue weighted by molar-refractivity contribution is 6.32. The van der Waals surface area contributed by atoms with Crippen molar-refractivity contribution in [1.29, 1.82) is 0 Å². The first-order chi connectivity index (χ1) is 19.0. The minimum Gasteiger partial charge on any atom is -0.409 e. The van der Waals surface area contributed by atoms with Crippen LogP contribution in [0.4, 0.5) is 37.7 Å². The van der Waals surface area contributed by atoms with Crippen molar-refractivity contribution in [2.24, 2.45) is 0 Å². The summed E-state index contributed by atoms with van der Waals surface area (Å²) in [5.74, 6) is -3.24. The number of aromatic nitrogens is 3. The van der Waals surface area contributed by atoms with Gasteiger partial charge >= 0.3 is 18.8 Å². The number of nitrogens with zero attached hydrogens (tertiary/aromatic N) is 4. The zero-order valence-corrected chi connectivity index (χ0v) is 21.9. The summed E-state index contributed by atoms with van der Waals surface area (Å²) in [4.78, 5) is 33.4. The quantitative estimate of drug-likeness (QED) is 0.230. The van der Waals surface area contributed by atoms with E-state index in [4.69, 9.17) is 18.2 Å². The van der Waals surface area contributed by atoms with E-state index >= 15 is 0 Å². The number of rotatable bonds is 9. The standard InChI is InChI=1S/C24H19ClF6N6O4/c1-11(2)34-20(38)14-9-13(32-4)8-12(3)18(14)35-21(39)16-10-17(36-37(16)19-15(25)6-5-7-33-19)40-23(27,28)22(26)41-24(29,30)31/h5-11,22H,1-3H3,(H,34,38)(H,35,39). The van der Waals surface area contributed by atoms with Crippen molar-refractivity contribution < 1.29 is 45.4 Å². The molecule has 0 aliphatic heterocycles. The molecule has 0 bridgehead atoms. The Morgan fingerprint density at radius 2 is 1.83 bits per heavy atom. The summed E-state index contributed by atoms with van der Waals surface area (Å²) in [7, 11) is 0. The molecule has 2 N–H and O–H groups in total. The van der Waals surface area contributed by atoms with Crippen LogP contribution in [0.5, 0.6) is 5.88 Å². The van der Waals surface area contributed by atoms with Gasteiger partial charge in [-0.1, -0.05) is 17.7 Å². The Morgan fingerprint density at radius 1 is 1.15 bits per heavy atom.